The number of methoxy groups -OCH3 is 1. The van der Waals surface area contributed by atoms with Gasteiger partial charge < -0.3 is 9.47 Å². The van der Waals surface area contributed by atoms with Gasteiger partial charge in [0.15, 0.2) is 6.79 Å². The highest BCUT2D eigenvalue weighted by Crippen LogP contribution is 2.24. The van der Waals surface area contributed by atoms with Gasteiger partial charge in [-0.05, 0) is 6.42 Å². The molecule has 0 aromatic heterocycles. The molecule has 0 aliphatic heterocycles. The van der Waals surface area contributed by atoms with Crippen LogP contribution >= 0.6 is 21.9 Å². The van der Waals surface area contributed by atoms with Crippen molar-refractivity contribution >= 4 is 21.9 Å². The molecule has 0 heterocycles. The van der Waals surface area contributed by atoms with E-state index >= 15 is 0 Å². The largest absolute Gasteiger partial charge is 0.382 e. The zero-order valence-corrected chi connectivity index (χ0v) is 17.8. The summed E-state index contributed by atoms with van der Waals surface area (Å²) in [6.45, 7) is 3.32. The second-order valence-electron chi connectivity index (χ2n) is 6.05. The van der Waals surface area contributed by atoms with Crippen molar-refractivity contribution in [2.45, 2.75) is 84.0 Å². The molecule has 0 saturated heterocycles. The maximum atomic E-state index is 5.03. The number of hydrogen-bond acceptors (Lipinski definition) is 7. The Morgan fingerprint density at radius 3 is 1.92 bits per heavy atom. The van der Waals surface area contributed by atoms with Gasteiger partial charge in [0.2, 0.25) is 0 Å². The minimum absolute atomic E-state index is 0.0350. The Balaban J connectivity index is 2.94. The summed E-state index contributed by atoms with van der Waals surface area (Å²) in [5, 5.41) is 4.50. The van der Waals surface area contributed by atoms with Crippen molar-refractivity contribution in [1.82, 2.24) is 0 Å². The molecule has 0 fully saturated rings. The molecule has 7 heteroatoms. The predicted molar refractivity (Wildman–Crippen MR) is 107 cm³/mol. The minimum Gasteiger partial charge on any atom is -0.382 e. The third-order valence-corrected chi connectivity index (χ3v) is 5.41. The highest BCUT2D eigenvalue weighted by molar-refractivity contribution is 8.74. The second-order valence-corrected chi connectivity index (χ2v) is 8.08. The average molecular weight is 399 g/mol. The van der Waals surface area contributed by atoms with Crippen LogP contribution in [0.15, 0.2) is 0 Å². The summed E-state index contributed by atoms with van der Waals surface area (Å²) in [5.41, 5.74) is 0. The Morgan fingerprint density at radius 2 is 1.32 bits per heavy atom. The van der Waals surface area contributed by atoms with E-state index in [2.05, 4.69) is 16.8 Å². The molecule has 0 aromatic carbocycles. The van der Waals surface area contributed by atoms with E-state index in [9.17, 15) is 0 Å². The first-order valence-corrected chi connectivity index (χ1v) is 12.0. The van der Waals surface area contributed by atoms with Crippen LogP contribution in [0.3, 0.4) is 0 Å². The first-order valence-electron chi connectivity index (χ1n) is 9.73. The van der Waals surface area contributed by atoms with E-state index in [4.69, 9.17) is 13.8 Å². The Labute approximate surface area is 162 Å². The molecule has 5 nitrogen and oxygen atoms in total. The third kappa shape index (κ3) is 24.5. The SMILES string of the molecule is CCCCCCCCCCCCCCSSOOOCOCCOC. The molecule has 25 heavy (non-hydrogen) atoms. The van der Waals surface area contributed by atoms with Crippen molar-refractivity contribution in [3.05, 3.63) is 0 Å². The van der Waals surface area contributed by atoms with Crippen LogP contribution in [0.25, 0.3) is 0 Å². The lowest BCUT2D eigenvalue weighted by molar-refractivity contribution is -0.479. The van der Waals surface area contributed by atoms with Crippen LogP contribution in [-0.2, 0) is 23.7 Å². The molecular weight excluding hydrogens is 360 g/mol. The molecule has 0 saturated carbocycles. The van der Waals surface area contributed by atoms with E-state index in [0.29, 0.717) is 13.2 Å². The fourth-order valence-corrected chi connectivity index (χ4v) is 3.58. The van der Waals surface area contributed by atoms with Gasteiger partial charge in [0.25, 0.3) is 0 Å². The lowest BCUT2D eigenvalue weighted by atomic mass is 10.1. The summed E-state index contributed by atoms with van der Waals surface area (Å²) in [5.74, 6) is 1.07. The smallest absolute Gasteiger partial charge is 0.184 e. The molecule has 152 valence electrons. The summed E-state index contributed by atoms with van der Waals surface area (Å²) in [4.78, 5) is 4.67. The van der Waals surface area contributed by atoms with Crippen LogP contribution in [0.1, 0.15) is 84.0 Å². The van der Waals surface area contributed by atoms with Crippen LogP contribution in [0, 0.1) is 0 Å². The standard InChI is InChI=1S/C18H38O5S2/c1-3-4-5-6-7-8-9-10-11-12-13-14-17-24-25-23-22-21-18-20-16-15-19-2/h3-18H2,1-2H3. The maximum Gasteiger partial charge on any atom is 0.184 e. The second kappa shape index (κ2) is 24.5. The van der Waals surface area contributed by atoms with Gasteiger partial charge in [-0.1, -0.05) is 93.4 Å². The highest BCUT2D eigenvalue weighted by atomic mass is 33.1. The maximum absolute atomic E-state index is 5.03. The third-order valence-electron chi connectivity index (χ3n) is 3.80. The van der Waals surface area contributed by atoms with E-state index in [1.165, 1.54) is 88.1 Å². The summed E-state index contributed by atoms with van der Waals surface area (Å²) < 4.78 is 14.7. The van der Waals surface area contributed by atoms with E-state index in [1.54, 1.807) is 17.9 Å². The van der Waals surface area contributed by atoms with E-state index in [-0.39, 0.29) is 6.79 Å². The van der Waals surface area contributed by atoms with Crippen molar-refractivity contribution < 1.29 is 23.7 Å². The fraction of sp³-hybridized carbons (Fsp3) is 1.00. The number of rotatable bonds is 22. The monoisotopic (exact) mass is 398 g/mol. The van der Waals surface area contributed by atoms with Crippen molar-refractivity contribution in [1.29, 1.82) is 0 Å². The molecule has 0 bridgehead atoms. The Bertz CT molecular complexity index is 214. The molecule has 0 atom stereocenters. The van der Waals surface area contributed by atoms with Crippen LogP contribution in [0.2, 0.25) is 0 Å². The summed E-state index contributed by atoms with van der Waals surface area (Å²) >= 11 is 1.19. The molecule has 0 unspecified atom stereocenters. The molecule has 0 rings (SSSR count). The Morgan fingerprint density at radius 1 is 0.720 bits per heavy atom. The van der Waals surface area contributed by atoms with Crippen LogP contribution < -0.4 is 0 Å². The summed E-state index contributed by atoms with van der Waals surface area (Å²) in [7, 11) is 3.25. The first-order chi connectivity index (χ1) is 12.4. The van der Waals surface area contributed by atoms with Crippen molar-refractivity contribution in [2.24, 2.45) is 0 Å². The van der Waals surface area contributed by atoms with Gasteiger partial charge in [-0.2, -0.15) is 4.89 Å². The van der Waals surface area contributed by atoms with Gasteiger partial charge >= 0.3 is 0 Å². The van der Waals surface area contributed by atoms with Crippen molar-refractivity contribution in [3.8, 4) is 0 Å². The Kier molecular flexibility index (Phi) is 25.0. The van der Waals surface area contributed by atoms with Crippen LogP contribution in [0.5, 0.6) is 0 Å². The van der Waals surface area contributed by atoms with E-state index in [1.807, 2.05) is 0 Å². The highest BCUT2D eigenvalue weighted by Gasteiger charge is 1.96. The normalized spacial score (nSPS) is 11.3. The van der Waals surface area contributed by atoms with Crippen molar-refractivity contribution in [3.63, 3.8) is 0 Å². The summed E-state index contributed by atoms with van der Waals surface area (Å²) in [6.07, 6.45) is 16.5. The molecule has 0 radical (unpaired) electrons. The van der Waals surface area contributed by atoms with Gasteiger partial charge in [-0.3, -0.25) is 0 Å². The quantitative estimate of drug-likeness (QED) is 0.0516. The van der Waals surface area contributed by atoms with E-state index < -0.39 is 0 Å². The molecule has 0 N–H and O–H groups in total. The molecule has 0 spiro atoms. The predicted octanol–water partition coefficient (Wildman–Crippen LogP) is 6.48. The number of unbranched alkanes of at least 4 members (excludes halogenated alkanes) is 11. The number of ether oxygens (including phenoxy) is 2. The molecule has 0 aromatic rings. The molecular formula is C18H38O5S2. The average Bonchev–Trinajstić information content (AvgIpc) is 2.63. The number of hydrogen-bond donors (Lipinski definition) is 0. The fourth-order valence-electron chi connectivity index (χ4n) is 2.34. The minimum atomic E-state index is 0.0350. The van der Waals surface area contributed by atoms with Gasteiger partial charge in [0.1, 0.15) is 11.1 Å². The zero-order valence-electron chi connectivity index (χ0n) is 16.2. The Hall–Kier alpha value is 0.500. The van der Waals surface area contributed by atoms with Gasteiger partial charge in [-0.15, -0.1) is 4.33 Å². The molecule has 0 aliphatic rings. The van der Waals surface area contributed by atoms with Crippen LogP contribution in [-0.4, -0.2) is 32.9 Å². The van der Waals surface area contributed by atoms with Gasteiger partial charge in [0, 0.05) is 12.9 Å². The molecule has 0 amide bonds. The topological polar surface area (TPSA) is 46.2 Å². The lowest BCUT2D eigenvalue weighted by Gasteiger charge is -2.04. The summed E-state index contributed by atoms with van der Waals surface area (Å²) in [6, 6.07) is 0. The first kappa shape index (κ1) is 25.5. The van der Waals surface area contributed by atoms with Crippen molar-refractivity contribution in [2.75, 3.05) is 32.9 Å². The lowest BCUT2D eigenvalue weighted by Crippen LogP contribution is -2.05. The van der Waals surface area contributed by atoms with Gasteiger partial charge in [-0.25, -0.2) is 0 Å². The van der Waals surface area contributed by atoms with E-state index in [0.717, 1.165) is 5.75 Å². The van der Waals surface area contributed by atoms with Crippen LogP contribution in [0.4, 0.5) is 0 Å². The van der Waals surface area contributed by atoms with Gasteiger partial charge in [0.05, 0.1) is 13.2 Å². The zero-order chi connectivity index (χ0) is 18.3. The molecule has 0 aliphatic carbocycles.